The SMILES string of the molecule is CCCCCOC(CCCCC/C=C\CCC[P+](c1ccc(C)cc1)(c1ccc(C)cc1)c1ccc(C)cc1)OCCCCC.[I-]. The van der Waals surface area contributed by atoms with Gasteiger partial charge in [0, 0.05) is 13.2 Å². The van der Waals surface area contributed by atoms with Gasteiger partial charge >= 0.3 is 0 Å². The molecule has 0 unspecified atom stereocenters. The zero-order valence-electron chi connectivity index (χ0n) is 29.6. The molecule has 46 heavy (non-hydrogen) atoms. The second-order valence-corrected chi connectivity index (χ2v) is 16.5. The van der Waals surface area contributed by atoms with Crippen molar-refractivity contribution in [3.05, 3.63) is 102 Å². The summed E-state index contributed by atoms with van der Waals surface area (Å²) in [7, 11) is -1.78. The van der Waals surface area contributed by atoms with E-state index < -0.39 is 7.26 Å². The lowest BCUT2D eigenvalue weighted by Gasteiger charge is -2.28. The number of halogens is 1. The summed E-state index contributed by atoms with van der Waals surface area (Å²) in [5.74, 6) is 0. The summed E-state index contributed by atoms with van der Waals surface area (Å²) in [5, 5.41) is 4.48. The first-order chi connectivity index (χ1) is 22.0. The van der Waals surface area contributed by atoms with Crippen LogP contribution in [-0.2, 0) is 9.47 Å². The molecule has 0 spiro atoms. The van der Waals surface area contributed by atoms with E-state index in [1.54, 1.807) is 0 Å². The molecule has 0 saturated carbocycles. The molecule has 0 saturated heterocycles. The fraction of sp³-hybridized carbons (Fsp3) is 0.524. The van der Waals surface area contributed by atoms with Crippen molar-refractivity contribution in [2.75, 3.05) is 19.4 Å². The van der Waals surface area contributed by atoms with Crippen LogP contribution in [-0.4, -0.2) is 25.7 Å². The highest BCUT2D eigenvalue weighted by Crippen LogP contribution is 2.56. The third-order valence-corrected chi connectivity index (χ3v) is 13.4. The number of allylic oxidation sites excluding steroid dienone is 2. The maximum atomic E-state index is 6.10. The molecule has 0 heterocycles. The summed E-state index contributed by atoms with van der Waals surface area (Å²) in [6.07, 6.45) is 21.4. The Morgan fingerprint density at radius 1 is 0.522 bits per heavy atom. The Morgan fingerprint density at radius 3 is 1.35 bits per heavy atom. The van der Waals surface area contributed by atoms with Crippen molar-refractivity contribution < 1.29 is 33.5 Å². The summed E-state index contributed by atoms with van der Waals surface area (Å²) in [6.45, 7) is 12.7. The molecule has 0 fully saturated rings. The zero-order valence-corrected chi connectivity index (χ0v) is 32.7. The van der Waals surface area contributed by atoms with E-state index >= 15 is 0 Å². The highest BCUT2D eigenvalue weighted by Gasteiger charge is 2.44. The van der Waals surface area contributed by atoms with Crippen molar-refractivity contribution >= 4 is 23.2 Å². The molecule has 0 amide bonds. The van der Waals surface area contributed by atoms with Crippen LogP contribution < -0.4 is 39.9 Å². The molecular weight excluding hydrogens is 694 g/mol. The maximum absolute atomic E-state index is 6.10. The van der Waals surface area contributed by atoms with E-state index in [1.807, 2.05) is 0 Å². The predicted octanol–water partition coefficient (Wildman–Crippen LogP) is 7.94. The molecule has 0 atom stereocenters. The molecule has 0 aliphatic heterocycles. The number of benzene rings is 3. The van der Waals surface area contributed by atoms with Gasteiger partial charge in [-0.25, -0.2) is 0 Å². The third kappa shape index (κ3) is 13.9. The smallest absolute Gasteiger partial charge is 0.157 e. The Kier molecular flexibility index (Phi) is 21.0. The third-order valence-electron chi connectivity index (χ3n) is 8.87. The van der Waals surface area contributed by atoms with E-state index in [9.17, 15) is 0 Å². The van der Waals surface area contributed by atoms with Gasteiger partial charge in [-0.2, -0.15) is 0 Å². The Labute approximate surface area is 300 Å². The number of ether oxygens (including phenoxy) is 2. The average molecular weight is 757 g/mol. The molecule has 3 aromatic rings. The average Bonchev–Trinajstić information content (AvgIpc) is 3.05. The summed E-state index contributed by atoms with van der Waals surface area (Å²) in [5.41, 5.74) is 3.96. The molecule has 0 aliphatic rings. The normalized spacial score (nSPS) is 11.8. The molecule has 0 radical (unpaired) electrons. The van der Waals surface area contributed by atoms with Gasteiger partial charge in [0.15, 0.2) is 6.29 Å². The van der Waals surface area contributed by atoms with Gasteiger partial charge in [0.2, 0.25) is 0 Å². The number of hydrogen-bond donors (Lipinski definition) is 0. The zero-order chi connectivity index (χ0) is 32.2. The van der Waals surface area contributed by atoms with Crippen molar-refractivity contribution in [2.24, 2.45) is 0 Å². The molecule has 0 N–H and O–H groups in total. The van der Waals surface area contributed by atoms with Crippen LogP contribution >= 0.6 is 7.26 Å². The quantitative estimate of drug-likeness (QED) is 0.0322. The first-order valence-corrected chi connectivity index (χ1v) is 19.9. The van der Waals surface area contributed by atoms with Gasteiger partial charge in [-0.1, -0.05) is 111 Å². The fourth-order valence-corrected chi connectivity index (χ4v) is 10.3. The molecular formula is C42H62IO2P. The van der Waals surface area contributed by atoms with Crippen LogP contribution in [0.15, 0.2) is 84.9 Å². The molecule has 3 aromatic carbocycles. The van der Waals surface area contributed by atoms with Crippen LogP contribution in [0.5, 0.6) is 0 Å². The summed E-state index contributed by atoms with van der Waals surface area (Å²) >= 11 is 0. The van der Waals surface area contributed by atoms with Gasteiger partial charge < -0.3 is 33.5 Å². The minimum absolute atomic E-state index is 0. The standard InChI is InChI=1S/C42H62O2P.HI/c1-6-8-17-33-43-42(44-34-18-9-7-2)20-16-14-12-10-11-13-15-19-35-45(39-27-21-36(3)22-28-39,40-29-23-37(4)24-30-40)41-31-25-38(5)26-32-41;/h11,13,21-32,42H,6-10,12,14-20,33-35H2,1-5H3;1H/q+1;/p-1/b13-11-;. The molecule has 4 heteroatoms. The monoisotopic (exact) mass is 756 g/mol. The van der Waals surface area contributed by atoms with E-state index in [2.05, 4.69) is 120 Å². The molecule has 2 nitrogen and oxygen atoms in total. The number of aryl methyl sites for hydroxylation is 3. The Bertz CT molecular complexity index is 1080. The molecule has 3 rings (SSSR count). The molecule has 254 valence electrons. The predicted molar refractivity (Wildman–Crippen MR) is 200 cm³/mol. The summed E-state index contributed by atoms with van der Waals surface area (Å²) in [4.78, 5) is 0. The number of unbranched alkanes of at least 4 members (excludes halogenated alkanes) is 8. The van der Waals surface area contributed by atoms with Crippen molar-refractivity contribution in [2.45, 2.75) is 124 Å². The minimum atomic E-state index is -1.78. The molecule has 0 aromatic heterocycles. The van der Waals surface area contributed by atoms with Crippen molar-refractivity contribution in [1.82, 2.24) is 0 Å². The van der Waals surface area contributed by atoms with Crippen LogP contribution in [0.25, 0.3) is 0 Å². The van der Waals surface area contributed by atoms with E-state index in [0.29, 0.717) is 0 Å². The maximum Gasteiger partial charge on any atom is 0.157 e. The Balaban J connectivity index is 0.00000736. The molecule has 0 bridgehead atoms. The first-order valence-electron chi connectivity index (χ1n) is 18.0. The topological polar surface area (TPSA) is 18.5 Å². The summed E-state index contributed by atoms with van der Waals surface area (Å²) in [6, 6.07) is 28.2. The lowest BCUT2D eigenvalue weighted by Crippen LogP contribution is -3.00. The first kappa shape index (κ1) is 40.7. The second kappa shape index (κ2) is 23.7. The van der Waals surface area contributed by atoms with Crippen LogP contribution in [0.1, 0.15) is 114 Å². The van der Waals surface area contributed by atoms with Gasteiger partial charge in [0.1, 0.15) is 23.2 Å². The Morgan fingerprint density at radius 2 is 0.935 bits per heavy atom. The minimum Gasteiger partial charge on any atom is -1.00 e. The van der Waals surface area contributed by atoms with E-state index in [-0.39, 0.29) is 30.3 Å². The van der Waals surface area contributed by atoms with Crippen molar-refractivity contribution in [3.63, 3.8) is 0 Å². The summed E-state index contributed by atoms with van der Waals surface area (Å²) < 4.78 is 12.2. The Hall–Kier alpha value is -1.52. The van der Waals surface area contributed by atoms with Gasteiger partial charge in [-0.3, -0.25) is 0 Å². The van der Waals surface area contributed by atoms with Crippen LogP contribution in [0.4, 0.5) is 0 Å². The van der Waals surface area contributed by atoms with E-state index in [1.165, 1.54) is 90.1 Å². The highest BCUT2D eigenvalue weighted by molar-refractivity contribution is 7.95. The van der Waals surface area contributed by atoms with Crippen molar-refractivity contribution in [1.29, 1.82) is 0 Å². The molecule has 0 aliphatic carbocycles. The largest absolute Gasteiger partial charge is 1.00 e. The lowest BCUT2D eigenvalue weighted by atomic mass is 10.1. The van der Waals surface area contributed by atoms with Crippen LogP contribution in [0.3, 0.4) is 0 Å². The van der Waals surface area contributed by atoms with Crippen LogP contribution in [0, 0.1) is 20.8 Å². The number of rotatable bonds is 23. The number of hydrogen-bond acceptors (Lipinski definition) is 2. The second-order valence-electron chi connectivity index (χ2n) is 12.9. The fourth-order valence-electron chi connectivity index (χ4n) is 6.01. The van der Waals surface area contributed by atoms with Crippen LogP contribution in [0.2, 0.25) is 0 Å². The van der Waals surface area contributed by atoms with Crippen molar-refractivity contribution in [3.8, 4) is 0 Å². The lowest BCUT2D eigenvalue weighted by molar-refractivity contribution is -0.148. The van der Waals surface area contributed by atoms with Gasteiger partial charge in [0.25, 0.3) is 0 Å². The van der Waals surface area contributed by atoms with Gasteiger partial charge in [0.05, 0.1) is 6.16 Å². The highest BCUT2D eigenvalue weighted by atomic mass is 127. The van der Waals surface area contributed by atoms with Gasteiger partial charge in [-0.15, -0.1) is 0 Å². The van der Waals surface area contributed by atoms with Gasteiger partial charge in [-0.05, 0) is 109 Å². The van der Waals surface area contributed by atoms with E-state index in [0.717, 1.165) is 45.3 Å². The van der Waals surface area contributed by atoms with E-state index in [4.69, 9.17) is 9.47 Å².